The fourth-order valence-electron chi connectivity index (χ4n) is 3.35. The Hall–Kier alpha value is -1.71. The lowest BCUT2D eigenvalue weighted by Crippen LogP contribution is -2.48. The van der Waals surface area contributed by atoms with Crippen LogP contribution in [0, 0.1) is 5.82 Å². The average Bonchev–Trinajstić information content (AvgIpc) is 2.74. The van der Waals surface area contributed by atoms with E-state index in [9.17, 15) is 4.39 Å². The van der Waals surface area contributed by atoms with Crippen LogP contribution in [-0.2, 0) is 13.1 Å². The third kappa shape index (κ3) is 8.28. The van der Waals surface area contributed by atoms with Gasteiger partial charge in [-0.25, -0.2) is 4.39 Å². The number of nitrogens with zero attached hydrogens (tertiary/aromatic N) is 3. The van der Waals surface area contributed by atoms with Crippen LogP contribution >= 0.6 is 24.0 Å². The van der Waals surface area contributed by atoms with Gasteiger partial charge in [0.1, 0.15) is 5.82 Å². The standard InChI is InChI=1S/C22H30FN5.HI/c1-24-22(26-17-19-7-9-21(23)10-8-19)25-11-12-27-13-15-28(16-14-27)18-20-5-3-2-4-6-20;/h2-10H,11-18H2,1H3,(H2,24,25,26);1H. The molecule has 0 aromatic heterocycles. The van der Waals surface area contributed by atoms with Gasteiger partial charge < -0.3 is 10.6 Å². The fourth-order valence-corrected chi connectivity index (χ4v) is 3.35. The summed E-state index contributed by atoms with van der Waals surface area (Å²) in [5.41, 5.74) is 2.41. The largest absolute Gasteiger partial charge is 0.355 e. The smallest absolute Gasteiger partial charge is 0.191 e. The molecule has 29 heavy (non-hydrogen) atoms. The van der Waals surface area contributed by atoms with Crippen LogP contribution in [0.5, 0.6) is 0 Å². The van der Waals surface area contributed by atoms with Crippen molar-refractivity contribution in [2.24, 2.45) is 4.99 Å². The van der Waals surface area contributed by atoms with E-state index in [1.54, 1.807) is 19.2 Å². The SMILES string of the molecule is CN=C(NCCN1CCN(Cc2ccccc2)CC1)NCc1ccc(F)cc1.I. The maximum Gasteiger partial charge on any atom is 0.191 e. The van der Waals surface area contributed by atoms with Crippen LogP contribution in [0.2, 0.25) is 0 Å². The van der Waals surface area contributed by atoms with E-state index in [2.05, 4.69) is 55.8 Å². The van der Waals surface area contributed by atoms with Crippen LogP contribution in [0.15, 0.2) is 59.6 Å². The topological polar surface area (TPSA) is 42.9 Å². The quantitative estimate of drug-likeness (QED) is 0.341. The number of halogens is 2. The van der Waals surface area contributed by atoms with Gasteiger partial charge in [0.25, 0.3) is 0 Å². The Balaban J connectivity index is 0.00000300. The first-order valence-corrected chi connectivity index (χ1v) is 9.90. The zero-order valence-electron chi connectivity index (χ0n) is 17.0. The zero-order chi connectivity index (χ0) is 19.6. The van der Waals surface area contributed by atoms with Gasteiger partial charge in [0.05, 0.1) is 0 Å². The second kappa shape index (κ2) is 12.8. The highest BCUT2D eigenvalue weighted by molar-refractivity contribution is 14.0. The van der Waals surface area contributed by atoms with Crippen LogP contribution in [0.4, 0.5) is 4.39 Å². The van der Waals surface area contributed by atoms with Crippen molar-refractivity contribution >= 4 is 29.9 Å². The van der Waals surface area contributed by atoms with Gasteiger partial charge in [0.2, 0.25) is 0 Å². The molecule has 158 valence electrons. The number of piperazine rings is 1. The number of hydrogen-bond acceptors (Lipinski definition) is 3. The second-order valence-electron chi connectivity index (χ2n) is 7.08. The average molecular weight is 511 g/mol. The first kappa shape index (κ1) is 23.6. The molecule has 3 rings (SSSR count). The zero-order valence-corrected chi connectivity index (χ0v) is 19.3. The lowest BCUT2D eigenvalue weighted by atomic mass is 10.2. The molecule has 1 heterocycles. The van der Waals surface area contributed by atoms with Crippen LogP contribution in [0.3, 0.4) is 0 Å². The van der Waals surface area contributed by atoms with E-state index in [-0.39, 0.29) is 29.8 Å². The van der Waals surface area contributed by atoms with Crippen molar-refractivity contribution in [2.45, 2.75) is 13.1 Å². The van der Waals surface area contributed by atoms with Crippen LogP contribution < -0.4 is 10.6 Å². The van der Waals surface area contributed by atoms with Gasteiger partial charge in [0.15, 0.2) is 5.96 Å². The number of aliphatic imine (C=N–C) groups is 1. The van der Waals surface area contributed by atoms with Crippen molar-refractivity contribution < 1.29 is 4.39 Å². The highest BCUT2D eigenvalue weighted by Crippen LogP contribution is 2.08. The maximum atomic E-state index is 13.0. The highest BCUT2D eigenvalue weighted by atomic mass is 127. The Kier molecular flexibility index (Phi) is 10.4. The molecule has 1 aliphatic rings. The summed E-state index contributed by atoms with van der Waals surface area (Å²) in [6, 6.07) is 17.2. The summed E-state index contributed by atoms with van der Waals surface area (Å²) in [7, 11) is 1.77. The van der Waals surface area contributed by atoms with Crippen molar-refractivity contribution in [3.63, 3.8) is 0 Å². The van der Waals surface area contributed by atoms with Crippen molar-refractivity contribution in [1.29, 1.82) is 0 Å². The normalized spacial score (nSPS) is 15.6. The van der Waals surface area contributed by atoms with Crippen molar-refractivity contribution in [2.75, 3.05) is 46.3 Å². The summed E-state index contributed by atoms with van der Waals surface area (Å²) >= 11 is 0. The summed E-state index contributed by atoms with van der Waals surface area (Å²) in [6.07, 6.45) is 0. The van der Waals surface area contributed by atoms with Gasteiger partial charge in [-0.05, 0) is 23.3 Å². The van der Waals surface area contributed by atoms with Crippen molar-refractivity contribution in [1.82, 2.24) is 20.4 Å². The molecule has 0 unspecified atom stereocenters. The van der Waals surface area contributed by atoms with E-state index >= 15 is 0 Å². The molecule has 7 heteroatoms. The predicted molar refractivity (Wildman–Crippen MR) is 128 cm³/mol. The van der Waals surface area contributed by atoms with Crippen LogP contribution in [0.25, 0.3) is 0 Å². The molecule has 0 atom stereocenters. The number of rotatable bonds is 7. The van der Waals surface area contributed by atoms with Crippen LogP contribution in [0.1, 0.15) is 11.1 Å². The minimum absolute atomic E-state index is 0. The van der Waals surface area contributed by atoms with Gasteiger partial charge in [-0.2, -0.15) is 0 Å². The minimum Gasteiger partial charge on any atom is -0.355 e. The lowest BCUT2D eigenvalue weighted by molar-refractivity contribution is 0.129. The van der Waals surface area contributed by atoms with Crippen molar-refractivity contribution in [3.05, 3.63) is 71.5 Å². The van der Waals surface area contributed by atoms with Gasteiger partial charge in [-0.1, -0.05) is 42.5 Å². The van der Waals surface area contributed by atoms with E-state index in [1.165, 1.54) is 17.7 Å². The Morgan fingerprint density at radius 2 is 1.55 bits per heavy atom. The summed E-state index contributed by atoms with van der Waals surface area (Å²) in [6.45, 7) is 7.90. The third-order valence-electron chi connectivity index (χ3n) is 5.03. The lowest BCUT2D eigenvalue weighted by Gasteiger charge is -2.34. The second-order valence-corrected chi connectivity index (χ2v) is 7.08. The molecule has 1 fully saturated rings. The Bertz CT molecular complexity index is 731. The molecule has 0 bridgehead atoms. The van der Waals surface area contributed by atoms with Crippen LogP contribution in [-0.4, -0.2) is 62.1 Å². The van der Waals surface area contributed by atoms with Gasteiger partial charge in [-0.3, -0.25) is 14.8 Å². The summed E-state index contributed by atoms with van der Waals surface area (Å²) < 4.78 is 13.0. The van der Waals surface area contributed by atoms with Crippen molar-refractivity contribution in [3.8, 4) is 0 Å². The summed E-state index contributed by atoms with van der Waals surface area (Å²) in [5, 5.41) is 6.63. The molecule has 0 aliphatic carbocycles. The minimum atomic E-state index is -0.213. The molecule has 1 saturated heterocycles. The van der Waals surface area contributed by atoms with E-state index < -0.39 is 0 Å². The Labute approximate surface area is 190 Å². The number of guanidine groups is 1. The van der Waals surface area contributed by atoms with E-state index in [4.69, 9.17) is 0 Å². The molecule has 5 nitrogen and oxygen atoms in total. The Morgan fingerprint density at radius 3 is 2.21 bits per heavy atom. The number of nitrogens with one attached hydrogen (secondary N) is 2. The van der Waals surface area contributed by atoms with E-state index in [1.807, 2.05) is 0 Å². The fraction of sp³-hybridized carbons (Fsp3) is 0.409. The molecular formula is C22H31FIN5. The van der Waals surface area contributed by atoms with Gasteiger partial charge >= 0.3 is 0 Å². The predicted octanol–water partition coefficient (Wildman–Crippen LogP) is 2.93. The molecule has 2 N–H and O–H groups in total. The molecule has 0 amide bonds. The Morgan fingerprint density at radius 1 is 0.897 bits per heavy atom. The molecule has 0 saturated carbocycles. The first-order chi connectivity index (χ1) is 13.7. The number of benzene rings is 2. The molecular weight excluding hydrogens is 480 g/mol. The maximum absolute atomic E-state index is 13.0. The third-order valence-corrected chi connectivity index (χ3v) is 5.03. The first-order valence-electron chi connectivity index (χ1n) is 9.90. The summed E-state index contributed by atoms with van der Waals surface area (Å²) in [4.78, 5) is 9.26. The van der Waals surface area contributed by atoms with Gasteiger partial charge in [-0.15, -0.1) is 24.0 Å². The monoisotopic (exact) mass is 511 g/mol. The molecule has 2 aromatic rings. The highest BCUT2D eigenvalue weighted by Gasteiger charge is 2.16. The molecule has 0 radical (unpaired) electrons. The van der Waals surface area contributed by atoms with E-state index in [0.29, 0.717) is 6.54 Å². The molecule has 1 aliphatic heterocycles. The van der Waals surface area contributed by atoms with Gasteiger partial charge in [0, 0.05) is 59.4 Å². The molecule has 2 aromatic carbocycles. The number of hydrogen-bond donors (Lipinski definition) is 2. The molecule has 0 spiro atoms. The van der Waals surface area contributed by atoms with E-state index in [0.717, 1.165) is 57.3 Å². The summed E-state index contributed by atoms with van der Waals surface area (Å²) in [5.74, 6) is 0.558.